The largest absolute Gasteiger partial charge is 0.0616 e. The molecule has 0 saturated carbocycles. The van der Waals surface area contributed by atoms with Gasteiger partial charge < -0.3 is 0 Å². The maximum atomic E-state index is 2.34. The first kappa shape index (κ1) is 34.3. The van der Waals surface area contributed by atoms with E-state index >= 15 is 0 Å². The van der Waals surface area contributed by atoms with E-state index in [1.807, 2.05) is 0 Å². The molecular formula is C60H38. The third kappa shape index (κ3) is 6.01. The minimum absolute atomic E-state index is 1.23. The molecule has 0 bridgehead atoms. The topological polar surface area (TPSA) is 0 Å². The highest BCUT2D eigenvalue weighted by atomic mass is 14.1. The van der Waals surface area contributed by atoms with Crippen LogP contribution >= 0.6 is 0 Å². The maximum absolute atomic E-state index is 2.34. The molecule has 0 aliphatic rings. The van der Waals surface area contributed by atoms with Crippen molar-refractivity contribution >= 4 is 64.6 Å². The summed E-state index contributed by atoms with van der Waals surface area (Å²) in [5, 5.41) is 15.2. The van der Waals surface area contributed by atoms with Crippen LogP contribution in [0.5, 0.6) is 0 Å². The molecular weight excluding hydrogens is 721 g/mol. The van der Waals surface area contributed by atoms with Crippen molar-refractivity contribution in [2.75, 3.05) is 0 Å². The fourth-order valence-corrected chi connectivity index (χ4v) is 9.33. The molecule has 0 radical (unpaired) electrons. The van der Waals surface area contributed by atoms with E-state index in [0.717, 1.165) is 0 Å². The van der Waals surface area contributed by atoms with Crippen molar-refractivity contribution in [2.45, 2.75) is 0 Å². The monoisotopic (exact) mass is 758 g/mol. The summed E-state index contributed by atoms with van der Waals surface area (Å²) >= 11 is 0. The molecule has 12 aromatic carbocycles. The summed E-state index contributed by atoms with van der Waals surface area (Å²) in [5.41, 5.74) is 12.3. The number of rotatable bonds is 5. The first-order valence-corrected chi connectivity index (χ1v) is 20.8. The molecule has 0 saturated heterocycles. The molecule has 0 atom stereocenters. The van der Waals surface area contributed by atoms with Gasteiger partial charge in [-0.25, -0.2) is 0 Å². The second kappa shape index (κ2) is 13.9. The third-order valence-corrected chi connectivity index (χ3v) is 12.6. The van der Waals surface area contributed by atoms with E-state index in [4.69, 9.17) is 0 Å². The molecule has 12 aromatic rings. The molecule has 60 heavy (non-hydrogen) atoms. The zero-order chi connectivity index (χ0) is 39.6. The molecule has 0 N–H and O–H groups in total. The molecule has 0 aliphatic carbocycles. The average Bonchev–Trinajstić information content (AvgIpc) is 3.33. The maximum Gasteiger partial charge on any atom is -0.0105 e. The van der Waals surface area contributed by atoms with Gasteiger partial charge in [0.15, 0.2) is 0 Å². The highest BCUT2D eigenvalue weighted by molar-refractivity contribution is 6.11. The molecule has 0 heterocycles. The lowest BCUT2D eigenvalue weighted by Crippen LogP contribution is -1.85. The van der Waals surface area contributed by atoms with Gasteiger partial charge in [-0.2, -0.15) is 0 Å². The van der Waals surface area contributed by atoms with Crippen LogP contribution in [0.25, 0.3) is 120 Å². The summed E-state index contributed by atoms with van der Waals surface area (Å²) in [5.74, 6) is 0. The molecule has 0 amide bonds. The van der Waals surface area contributed by atoms with E-state index in [0.29, 0.717) is 0 Å². The predicted molar refractivity (Wildman–Crippen MR) is 259 cm³/mol. The van der Waals surface area contributed by atoms with Crippen molar-refractivity contribution < 1.29 is 0 Å². The fraction of sp³-hybridized carbons (Fsp3) is 0. The van der Waals surface area contributed by atoms with Crippen LogP contribution < -0.4 is 0 Å². The number of hydrogen-bond donors (Lipinski definition) is 0. The summed E-state index contributed by atoms with van der Waals surface area (Å²) in [4.78, 5) is 0. The predicted octanol–water partition coefficient (Wildman–Crippen LogP) is 16.9. The SMILES string of the molecule is c1cc(-c2ccc3ccccc3c2)cc(-c2ccc3c(ccc4cc(-c5ccc6c(ccc7cc(-c8ccc(-c9ccc%10ccccc%10c9)cc8)ccc76)c5)ccc43)c2)c1. The van der Waals surface area contributed by atoms with Crippen LogP contribution in [0.1, 0.15) is 0 Å². The quantitative estimate of drug-likeness (QED) is 0.153. The summed E-state index contributed by atoms with van der Waals surface area (Å²) in [6.07, 6.45) is 0. The summed E-state index contributed by atoms with van der Waals surface area (Å²) < 4.78 is 0. The molecule has 0 nitrogen and oxygen atoms in total. The Bertz CT molecular complexity index is 3640. The Morgan fingerprint density at radius 2 is 0.383 bits per heavy atom. The standard InChI is InChI=1S/C60H38/c1-3-8-43-32-47(18-16-39(43)6-1)41-12-14-42(15-13-41)48-24-28-57-53(35-48)20-21-55-37-51(26-30-59(55)57)52-27-31-60-56(38-52)23-22-54-36-50(25-29-58(54)60)46-11-5-10-45(34-46)49-19-17-40-7-2-4-9-44(40)33-49/h1-38H. The Hall–Kier alpha value is -7.80. The van der Waals surface area contributed by atoms with Crippen LogP contribution in [-0.2, 0) is 0 Å². The van der Waals surface area contributed by atoms with Gasteiger partial charge in [0, 0.05) is 0 Å². The highest BCUT2D eigenvalue weighted by Gasteiger charge is 2.10. The van der Waals surface area contributed by atoms with Crippen molar-refractivity contribution in [3.05, 3.63) is 231 Å². The lowest BCUT2D eigenvalue weighted by atomic mass is 9.92. The highest BCUT2D eigenvalue weighted by Crippen LogP contribution is 2.37. The van der Waals surface area contributed by atoms with Crippen LogP contribution in [0.3, 0.4) is 0 Å². The molecule has 278 valence electrons. The van der Waals surface area contributed by atoms with Crippen molar-refractivity contribution in [3.63, 3.8) is 0 Å². The minimum Gasteiger partial charge on any atom is -0.0616 e. The van der Waals surface area contributed by atoms with E-state index in [1.54, 1.807) is 0 Å². The Labute approximate surface area is 349 Å². The van der Waals surface area contributed by atoms with Gasteiger partial charge >= 0.3 is 0 Å². The zero-order valence-electron chi connectivity index (χ0n) is 32.9. The normalized spacial score (nSPS) is 11.7. The Morgan fingerprint density at radius 1 is 0.133 bits per heavy atom. The molecule has 0 spiro atoms. The lowest BCUT2D eigenvalue weighted by Gasteiger charge is -2.12. The van der Waals surface area contributed by atoms with Gasteiger partial charge in [0.2, 0.25) is 0 Å². The van der Waals surface area contributed by atoms with Crippen LogP contribution in [0.15, 0.2) is 231 Å². The van der Waals surface area contributed by atoms with Crippen molar-refractivity contribution in [2.24, 2.45) is 0 Å². The first-order chi connectivity index (χ1) is 29.7. The lowest BCUT2D eigenvalue weighted by molar-refractivity contribution is 1.61. The molecule has 0 aliphatic heterocycles. The Kier molecular flexibility index (Phi) is 7.96. The van der Waals surface area contributed by atoms with Gasteiger partial charge in [-0.3, -0.25) is 0 Å². The first-order valence-electron chi connectivity index (χ1n) is 20.8. The Balaban J connectivity index is 0.813. The molecule has 12 rings (SSSR count). The second-order valence-corrected chi connectivity index (χ2v) is 16.2. The van der Waals surface area contributed by atoms with E-state index < -0.39 is 0 Å². The smallest absolute Gasteiger partial charge is 0.0105 e. The van der Waals surface area contributed by atoms with E-state index in [1.165, 1.54) is 120 Å². The summed E-state index contributed by atoms with van der Waals surface area (Å²) in [6.45, 7) is 0. The summed E-state index contributed by atoms with van der Waals surface area (Å²) in [7, 11) is 0. The third-order valence-electron chi connectivity index (χ3n) is 12.6. The number of benzene rings is 12. The molecule has 0 unspecified atom stereocenters. The zero-order valence-corrected chi connectivity index (χ0v) is 32.9. The van der Waals surface area contributed by atoms with Crippen molar-refractivity contribution in [1.29, 1.82) is 0 Å². The van der Waals surface area contributed by atoms with Crippen LogP contribution in [-0.4, -0.2) is 0 Å². The van der Waals surface area contributed by atoms with Gasteiger partial charge in [0.25, 0.3) is 0 Å². The van der Waals surface area contributed by atoms with Gasteiger partial charge in [0.1, 0.15) is 0 Å². The average molecular weight is 759 g/mol. The van der Waals surface area contributed by atoms with E-state index in [9.17, 15) is 0 Å². The fourth-order valence-electron chi connectivity index (χ4n) is 9.33. The van der Waals surface area contributed by atoms with Crippen molar-refractivity contribution in [3.8, 4) is 55.6 Å². The van der Waals surface area contributed by atoms with Gasteiger partial charge in [0.05, 0.1) is 0 Å². The van der Waals surface area contributed by atoms with Gasteiger partial charge in [-0.15, -0.1) is 0 Å². The Morgan fingerprint density at radius 3 is 0.750 bits per heavy atom. The van der Waals surface area contributed by atoms with E-state index in [2.05, 4.69) is 231 Å². The van der Waals surface area contributed by atoms with Gasteiger partial charge in [-0.05, 0) is 163 Å². The summed E-state index contributed by atoms with van der Waals surface area (Å²) in [6, 6.07) is 85.2. The molecule has 0 heteroatoms. The number of fused-ring (bicyclic) bond motifs is 8. The van der Waals surface area contributed by atoms with E-state index in [-0.39, 0.29) is 0 Å². The number of hydrogen-bond acceptors (Lipinski definition) is 0. The molecule has 0 aromatic heterocycles. The van der Waals surface area contributed by atoms with Crippen LogP contribution in [0, 0.1) is 0 Å². The van der Waals surface area contributed by atoms with Crippen LogP contribution in [0.2, 0.25) is 0 Å². The second-order valence-electron chi connectivity index (χ2n) is 16.2. The van der Waals surface area contributed by atoms with Crippen LogP contribution in [0.4, 0.5) is 0 Å². The van der Waals surface area contributed by atoms with Crippen molar-refractivity contribution in [1.82, 2.24) is 0 Å². The molecule has 0 fully saturated rings. The minimum atomic E-state index is 1.23. The van der Waals surface area contributed by atoms with Gasteiger partial charge in [-0.1, -0.05) is 188 Å².